The van der Waals surface area contributed by atoms with E-state index in [1.165, 1.54) is 0 Å². The highest BCUT2D eigenvalue weighted by Crippen LogP contribution is 2.37. The van der Waals surface area contributed by atoms with Crippen molar-refractivity contribution in [3.05, 3.63) is 28.2 Å². The van der Waals surface area contributed by atoms with E-state index in [9.17, 15) is 4.79 Å². The number of fused-ring (bicyclic) bond motifs is 1. The van der Waals surface area contributed by atoms with E-state index in [2.05, 4.69) is 15.9 Å². The second-order valence-electron chi connectivity index (χ2n) is 6.10. The van der Waals surface area contributed by atoms with Crippen LogP contribution in [0.15, 0.2) is 22.7 Å². The van der Waals surface area contributed by atoms with Crippen molar-refractivity contribution in [3.63, 3.8) is 0 Å². The van der Waals surface area contributed by atoms with Gasteiger partial charge in [0.1, 0.15) is 5.75 Å². The lowest BCUT2D eigenvalue weighted by atomic mass is 9.98. The number of amides is 1. The van der Waals surface area contributed by atoms with E-state index in [1.807, 2.05) is 23.1 Å². The smallest absolute Gasteiger partial charge is 0.227 e. The summed E-state index contributed by atoms with van der Waals surface area (Å²) in [7, 11) is 1.64. The van der Waals surface area contributed by atoms with Gasteiger partial charge in [-0.1, -0.05) is 15.9 Å². The van der Waals surface area contributed by atoms with E-state index >= 15 is 0 Å². The summed E-state index contributed by atoms with van der Waals surface area (Å²) in [6, 6.07) is 6.04. The molecule has 2 aliphatic rings. The molecule has 114 valence electrons. The van der Waals surface area contributed by atoms with Gasteiger partial charge in [0.15, 0.2) is 0 Å². The number of nitrogens with zero attached hydrogens (tertiary/aromatic N) is 1. The molecule has 3 atom stereocenters. The lowest BCUT2D eigenvalue weighted by Gasteiger charge is -2.19. The number of benzene rings is 1. The Kier molecular flexibility index (Phi) is 4.22. The zero-order chi connectivity index (χ0) is 15.0. The van der Waals surface area contributed by atoms with Gasteiger partial charge in [-0.05, 0) is 42.9 Å². The van der Waals surface area contributed by atoms with Gasteiger partial charge in [-0.2, -0.15) is 0 Å². The molecule has 0 aromatic heterocycles. The molecule has 1 aromatic rings. The SMILES string of the molecule is COc1ccc(Br)cc1CC(=O)N1CC2CCC(N)C2C1. The Morgan fingerprint density at radius 1 is 1.43 bits per heavy atom. The Hall–Kier alpha value is -1.07. The molecule has 1 saturated heterocycles. The first-order chi connectivity index (χ1) is 10.1. The van der Waals surface area contributed by atoms with Gasteiger partial charge < -0.3 is 15.4 Å². The number of carbonyl (C=O) groups is 1. The Labute approximate surface area is 133 Å². The molecule has 2 N–H and O–H groups in total. The molecule has 0 bridgehead atoms. The van der Waals surface area contributed by atoms with Crippen molar-refractivity contribution < 1.29 is 9.53 Å². The number of rotatable bonds is 3. The van der Waals surface area contributed by atoms with Crippen molar-refractivity contribution in [1.29, 1.82) is 0 Å². The standard InChI is InChI=1S/C16H21BrN2O2/c1-21-15-5-3-12(17)6-11(15)7-16(20)19-8-10-2-4-14(18)13(10)9-19/h3,5-6,10,13-14H,2,4,7-9,18H2,1H3. The van der Waals surface area contributed by atoms with Crippen LogP contribution in [0.3, 0.4) is 0 Å². The van der Waals surface area contributed by atoms with Crippen LogP contribution in [-0.2, 0) is 11.2 Å². The average molecular weight is 353 g/mol. The van der Waals surface area contributed by atoms with Crippen molar-refractivity contribution in [2.75, 3.05) is 20.2 Å². The van der Waals surface area contributed by atoms with Gasteiger partial charge in [0, 0.05) is 29.2 Å². The molecule has 0 spiro atoms. The molecule has 4 nitrogen and oxygen atoms in total. The Morgan fingerprint density at radius 3 is 2.95 bits per heavy atom. The number of methoxy groups -OCH3 is 1. The van der Waals surface area contributed by atoms with Gasteiger partial charge >= 0.3 is 0 Å². The maximum atomic E-state index is 12.5. The first-order valence-corrected chi connectivity index (χ1v) is 8.23. The van der Waals surface area contributed by atoms with Gasteiger partial charge in [-0.15, -0.1) is 0 Å². The summed E-state index contributed by atoms with van der Waals surface area (Å²) in [5, 5.41) is 0. The van der Waals surface area contributed by atoms with Crippen LogP contribution in [0.5, 0.6) is 5.75 Å². The topological polar surface area (TPSA) is 55.6 Å². The quantitative estimate of drug-likeness (QED) is 0.907. The highest BCUT2D eigenvalue weighted by atomic mass is 79.9. The second kappa shape index (κ2) is 5.97. The molecule has 1 amide bonds. The minimum absolute atomic E-state index is 0.174. The van der Waals surface area contributed by atoms with Crippen molar-refractivity contribution in [1.82, 2.24) is 4.90 Å². The summed E-state index contributed by atoms with van der Waals surface area (Å²) in [4.78, 5) is 14.5. The van der Waals surface area contributed by atoms with Crippen molar-refractivity contribution in [2.24, 2.45) is 17.6 Å². The monoisotopic (exact) mass is 352 g/mol. The fraction of sp³-hybridized carbons (Fsp3) is 0.562. The molecule has 0 radical (unpaired) electrons. The Morgan fingerprint density at radius 2 is 2.24 bits per heavy atom. The van der Waals surface area contributed by atoms with Crippen LogP contribution >= 0.6 is 15.9 Å². The minimum Gasteiger partial charge on any atom is -0.496 e. The largest absolute Gasteiger partial charge is 0.496 e. The molecular formula is C16H21BrN2O2. The van der Waals surface area contributed by atoms with Crippen LogP contribution < -0.4 is 10.5 Å². The maximum Gasteiger partial charge on any atom is 0.227 e. The van der Waals surface area contributed by atoms with Crippen LogP contribution in [0, 0.1) is 11.8 Å². The van der Waals surface area contributed by atoms with Crippen LogP contribution in [-0.4, -0.2) is 37.0 Å². The second-order valence-corrected chi connectivity index (χ2v) is 7.01. The van der Waals surface area contributed by atoms with Crippen LogP contribution in [0.4, 0.5) is 0 Å². The summed E-state index contributed by atoms with van der Waals surface area (Å²) in [6.45, 7) is 1.69. The van der Waals surface area contributed by atoms with E-state index in [-0.39, 0.29) is 11.9 Å². The highest BCUT2D eigenvalue weighted by Gasteiger charge is 2.42. The van der Waals surface area contributed by atoms with E-state index in [1.54, 1.807) is 7.11 Å². The Balaban J connectivity index is 1.69. The third-order valence-electron chi connectivity index (χ3n) is 4.85. The fourth-order valence-electron chi connectivity index (χ4n) is 3.67. The van der Waals surface area contributed by atoms with E-state index in [0.29, 0.717) is 18.3 Å². The van der Waals surface area contributed by atoms with Gasteiger partial charge in [0.05, 0.1) is 13.5 Å². The molecule has 1 aromatic carbocycles. The average Bonchev–Trinajstić information content (AvgIpc) is 3.02. The lowest BCUT2D eigenvalue weighted by Crippen LogP contribution is -2.34. The fourth-order valence-corrected chi connectivity index (χ4v) is 4.08. The zero-order valence-electron chi connectivity index (χ0n) is 12.2. The van der Waals surface area contributed by atoms with Crippen LogP contribution in [0.2, 0.25) is 0 Å². The number of halogens is 1. The number of hydrogen-bond acceptors (Lipinski definition) is 3. The molecule has 3 unspecified atom stereocenters. The molecule has 21 heavy (non-hydrogen) atoms. The summed E-state index contributed by atoms with van der Waals surface area (Å²) >= 11 is 3.45. The van der Waals surface area contributed by atoms with Crippen molar-refractivity contribution >= 4 is 21.8 Å². The third kappa shape index (κ3) is 2.94. The first-order valence-electron chi connectivity index (χ1n) is 7.44. The number of likely N-dealkylation sites (tertiary alicyclic amines) is 1. The van der Waals surface area contributed by atoms with Crippen molar-refractivity contribution in [2.45, 2.75) is 25.3 Å². The molecule has 5 heteroatoms. The number of ether oxygens (including phenoxy) is 1. The highest BCUT2D eigenvalue weighted by molar-refractivity contribution is 9.10. The number of nitrogens with two attached hydrogens (primary N) is 1. The summed E-state index contributed by atoms with van der Waals surface area (Å²) in [5.41, 5.74) is 7.07. The molecular weight excluding hydrogens is 332 g/mol. The molecule has 1 saturated carbocycles. The normalized spacial score (nSPS) is 27.8. The zero-order valence-corrected chi connectivity index (χ0v) is 13.8. The summed E-state index contributed by atoms with van der Waals surface area (Å²) < 4.78 is 6.31. The van der Waals surface area contributed by atoms with Gasteiger partial charge in [-0.3, -0.25) is 4.79 Å². The third-order valence-corrected chi connectivity index (χ3v) is 5.34. The molecule has 1 heterocycles. The van der Waals surface area contributed by atoms with Gasteiger partial charge in [-0.25, -0.2) is 0 Å². The molecule has 3 rings (SSSR count). The lowest BCUT2D eigenvalue weighted by molar-refractivity contribution is -0.129. The van der Waals surface area contributed by atoms with E-state index in [4.69, 9.17) is 10.5 Å². The van der Waals surface area contributed by atoms with E-state index in [0.717, 1.165) is 41.7 Å². The minimum atomic E-state index is 0.174. The summed E-state index contributed by atoms with van der Waals surface area (Å²) in [5.74, 6) is 2.04. The van der Waals surface area contributed by atoms with Crippen molar-refractivity contribution in [3.8, 4) is 5.75 Å². The molecule has 2 fully saturated rings. The molecule has 1 aliphatic carbocycles. The van der Waals surface area contributed by atoms with Crippen LogP contribution in [0.1, 0.15) is 18.4 Å². The summed E-state index contributed by atoms with van der Waals surface area (Å²) in [6.07, 6.45) is 2.66. The van der Waals surface area contributed by atoms with Gasteiger partial charge in [0.2, 0.25) is 5.91 Å². The number of carbonyl (C=O) groups excluding carboxylic acids is 1. The predicted octanol–water partition coefficient (Wildman–Crippen LogP) is 2.20. The maximum absolute atomic E-state index is 12.5. The Bertz CT molecular complexity index is 549. The van der Waals surface area contributed by atoms with Crippen LogP contribution in [0.25, 0.3) is 0 Å². The molecule has 1 aliphatic heterocycles. The first kappa shape index (κ1) is 14.9. The van der Waals surface area contributed by atoms with E-state index < -0.39 is 0 Å². The van der Waals surface area contributed by atoms with Gasteiger partial charge in [0.25, 0.3) is 0 Å². The predicted molar refractivity (Wildman–Crippen MR) is 85.2 cm³/mol. The number of hydrogen-bond donors (Lipinski definition) is 1.